The van der Waals surface area contributed by atoms with E-state index < -0.39 is 35.1 Å². The number of thioether (sulfide) groups is 1. The Kier molecular flexibility index (Phi) is 7.57. The Morgan fingerprint density at radius 1 is 0.975 bits per heavy atom. The lowest BCUT2D eigenvalue weighted by Gasteiger charge is -2.31. The van der Waals surface area contributed by atoms with Crippen LogP contribution in [0.3, 0.4) is 0 Å². The molecular weight excluding hydrogens is 560 g/mol. The van der Waals surface area contributed by atoms with Crippen LogP contribution in [-0.2, 0) is 21.9 Å². The van der Waals surface area contributed by atoms with Crippen molar-refractivity contribution in [1.29, 1.82) is 0 Å². The van der Waals surface area contributed by atoms with Gasteiger partial charge in [-0.1, -0.05) is 23.9 Å². The van der Waals surface area contributed by atoms with Gasteiger partial charge < -0.3 is 10.6 Å². The maximum Gasteiger partial charge on any atom is 0.418 e. The largest absolute Gasteiger partial charge is 0.418 e. The van der Waals surface area contributed by atoms with Crippen LogP contribution in [0.15, 0.2) is 52.5 Å². The standard InChI is InChI=1S/C26H23F6N5O2S/c27-25(28,29)17-3-1-4-18(26(30,31)32)23(17)35-21(38)14-36-9-7-15(8-10-36)12-34-24(39)19-11-16-13-33-20-5-2-6-22(40-19)37(16)20/h1-6,11,13,15H,7-10,12,14H2,(H,34,39)(H,35,38). The monoisotopic (exact) mass is 583 g/mol. The van der Waals surface area contributed by atoms with Gasteiger partial charge in [-0.2, -0.15) is 26.3 Å². The first-order valence-corrected chi connectivity index (χ1v) is 13.2. The molecule has 1 saturated heterocycles. The summed E-state index contributed by atoms with van der Waals surface area (Å²) in [6.07, 6.45) is -5.49. The lowest BCUT2D eigenvalue weighted by atomic mass is 9.96. The number of aromatic nitrogens is 2. The number of carbonyl (C=O) groups excluding carboxylic acids is 2. The quantitative estimate of drug-likeness (QED) is 0.386. The van der Waals surface area contributed by atoms with Crippen LogP contribution in [-0.4, -0.2) is 52.3 Å². The van der Waals surface area contributed by atoms with E-state index in [1.807, 2.05) is 27.9 Å². The third-order valence-electron chi connectivity index (χ3n) is 6.80. The molecule has 2 aliphatic heterocycles. The summed E-state index contributed by atoms with van der Waals surface area (Å²) in [4.78, 5) is 31.8. The van der Waals surface area contributed by atoms with Crippen LogP contribution >= 0.6 is 11.8 Å². The molecule has 0 atom stereocenters. The molecule has 7 nitrogen and oxygen atoms in total. The number of hydrogen-bond donors (Lipinski definition) is 2. The van der Waals surface area contributed by atoms with Crippen molar-refractivity contribution in [3.8, 4) is 0 Å². The third kappa shape index (κ3) is 5.97. The highest BCUT2D eigenvalue weighted by atomic mass is 32.2. The van der Waals surface area contributed by atoms with E-state index in [1.54, 1.807) is 17.2 Å². The van der Waals surface area contributed by atoms with Crippen LogP contribution in [0.25, 0.3) is 11.7 Å². The van der Waals surface area contributed by atoms with E-state index >= 15 is 0 Å². The topological polar surface area (TPSA) is 78.7 Å². The summed E-state index contributed by atoms with van der Waals surface area (Å²) >= 11 is 1.34. The average Bonchev–Trinajstić information content (AvgIpc) is 3.31. The van der Waals surface area contributed by atoms with E-state index in [-0.39, 0.29) is 18.4 Å². The number of piperidine rings is 1. The minimum atomic E-state index is -5.08. The molecule has 2 aromatic heterocycles. The number of benzene rings is 1. The zero-order chi connectivity index (χ0) is 28.7. The number of anilines is 1. The molecule has 40 heavy (non-hydrogen) atoms. The van der Waals surface area contributed by atoms with E-state index in [9.17, 15) is 35.9 Å². The molecular formula is C26H23F6N5O2S. The number of para-hydroxylation sites is 1. The van der Waals surface area contributed by atoms with Gasteiger partial charge in [-0.05, 0) is 62.2 Å². The zero-order valence-electron chi connectivity index (χ0n) is 20.8. The lowest BCUT2D eigenvalue weighted by molar-refractivity contribution is -0.141. The molecule has 0 unspecified atom stereocenters. The minimum absolute atomic E-state index is 0.106. The van der Waals surface area contributed by atoms with Crippen molar-refractivity contribution in [2.45, 2.75) is 30.2 Å². The van der Waals surface area contributed by atoms with Crippen LogP contribution in [0, 0.1) is 5.92 Å². The highest BCUT2D eigenvalue weighted by Crippen LogP contribution is 2.42. The SMILES string of the molecule is O=C(CN1CCC(CNC(=O)C2=Cc3cnc4cccc(n34)S2)CC1)Nc1c(C(F)(F)F)cccc1C(F)(F)F. The molecule has 0 radical (unpaired) electrons. The Bertz CT molecular complexity index is 1440. The number of nitrogens with one attached hydrogen (secondary N) is 2. The van der Waals surface area contributed by atoms with Gasteiger partial charge in [0.05, 0.1) is 45.2 Å². The predicted molar refractivity (Wildman–Crippen MR) is 136 cm³/mol. The molecule has 1 fully saturated rings. The van der Waals surface area contributed by atoms with Gasteiger partial charge in [0.2, 0.25) is 5.91 Å². The summed E-state index contributed by atoms with van der Waals surface area (Å²) in [6, 6.07) is 7.31. The highest BCUT2D eigenvalue weighted by molar-refractivity contribution is 8.04. The number of pyridine rings is 1. The van der Waals surface area contributed by atoms with E-state index in [0.717, 1.165) is 16.4 Å². The van der Waals surface area contributed by atoms with Crippen LogP contribution in [0.4, 0.5) is 32.0 Å². The van der Waals surface area contributed by atoms with Crippen molar-refractivity contribution < 1.29 is 35.9 Å². The molecule has 2 N–H and O–H groups in total. The number of nitrogens with zero attached hydrogens (tertiary/aromatic N) is 3. The second-order valence-corrected chi connectivity index (χ2v) is 10.6. The molecule has 212 valence electrons. The predicted octanol–water partition coefficient (Wildman–Crippen LogP) is 5.29. The molecule has 0 bridgehead atoms. The van der Waals surface area contributed by atoms with E-state index in [0.29, 0.717) is 55.6 Å². The normalized spacial score (nSPS) is 16.6. The zero-order valence-corrected chi connectivity index (χ0v) is 21.6. The molecule has 3 aromatic rings. The number of carbonyl (C=O) groups is 2. The molecule has 0 saturated carbocycles. The third-order valence-corrected chi connectivity index (χ3v) is 7.85. The molecule has 2 aliphatic rings. The molecule has 14 heteroatoms. The fraction of sp³-hybridized carbons (Fsp3) is 0.346. The fourth-order valence-corrected chi connectivity index (χ4v) is 5.82. The Hall–Kier alpha value is -3.52. The first kappa shape index (κ1) is 28.0. The van der Waals surface area contributed by atoms with Gasteiger partial charge in [-0.3, -0.25) is 18.9 Å². The summed E-state index contributed by atoms with van der Waals surface area (Å²) in [7, 11) is 0. The van der Waals surface area contributed by atoms with Crippen molar-refractivity contribution in [3.63, 3.8) is 0 Å². The van der Waals surface area contributed by atoms with Gasteiger partial charge in [0.25, 0.3) is 5.91 Å². The smallest absolute Gasteiger partial charge is 0.351 e. The fourth-order valence-electron chi connectivity index (χ4n) is 4.81. The summed E-state index contributed by atoms with van der Waals surface area (Å²) in [5.41, 5.74) is -2.81. The van der Waals surface area contributed by atoms with E-state index in [4.69, 9.17) is 0 Å². The Labute approximate surface area is 228 Å². The van der Waals surface area contributed by atoms with Crippen molar-refractivity contribution in [3.05, 3.63) is 64.3 Å². The summed E-state index contributed by atoms with van der Waals surface area (Å²) in [5.74, 6) is -1.08. The van der Waals surface area contributed by atoms with Crippen molar-refractivity contribution in [2.24, 2.45) is 5.92 Å². The van der Waals surface area contributed by atoms with Crippen LogP contribution in [0.2, 0.25) is 0 Å². The maximum atomic E-state index is 13.4. The van der Waals surface area contributed by atoms with Gasteiger partial charge in [0.15, 0.2) is 0 Å². The Morgan fingerprint density at radius 2 is 1.62 bits per heavy atom. The summed E-state index contributed by atoms with van der Waals surface area (Å²) in [6.45, 7) is 0.846. The van der Waals surface area contributed by atoms with Crippen LogP contribution < -0.4 is 10.6 Å². The van der Waals surface area contributed by atoms with Gasteiger partial charge in [-0.25, -0.2) is 4.98 Å². The van der Waals surface area contributed by atoms with Crippen molar-refractivity contribution in [2.75, 3.05) is 31.5 Å². The Morgan fingerprint density at radius 3 is 2.27 bits per heavy atom. The molecule has 2 amide bonds. The maximum absolute atomic E-state index is 13.4. The molecule has 4 heterocycles. The van der Waals surface area contributed by atoms with Gasteiger partial charge >= 0.3 is 12.4 Å². The number of halogens is 6. The van der Waals surface area contributed by atoms with Crippen LogP contribution in [0.5, 0.6) is 0 Å². The number of likely N-dealkylation sites (tertiary alicyclic amines) is 1. The first-order valence-electron chi connectivity index (χ1n) is 12.3. The number of amides is 2. The minimum Gasteiger partial charge on any atom is -0.351 e. The van der Waals surface area contributed by atoms with Crippen molar-refractivity contribution in [1.82, 2.24) is 19.6 Å². The number of imidazole rings is 1. The van der Waals surface area contributed by atoms with E-state index in [2.05, 4.69) is 10.3 Å². The van der Waals surface area contributed by atoms with E-state index in [1.165, 1.54) is 11.8 Å². The second kappa shape index (κ2) is 10.8. The van der Waals surface area contributed by atoms with Crippen molar-refractivity contribution >= 4 is 41.0 Å². The molecule has 0 aliphatic carbocycles. The van der Waals surface area contributed by atoms with Gasteiger partial charge in [-0.15, -0.1) is 0 Å². The summed E-state index contributed by atoms with van der Waals surface area (Å²) in [5, 5.41) is 5.66. The number of rotatable bonds is 6. The van der Waals surface area contributed by atoms with Gasteiger partial charge in [0, 0.05) is 6.54 Å². The highest BCUT2D eigenvalue weighted by Gasteiger charge is 2.41. The first-order chi connectivity index (χ1) is 18.9. The molecule has 5 rings (SSSR count). The molecule has 0 spiro atoms. The summed E-state index contributed by atoms with van der Waals surface area (Å²) < 4.78 is 82.1. The molecule has 1 aromatic carbocycles. The Balaban J connectivity index is 1.13. The van der Waals surface area contributed by atoms with Gasteiger partial charge in [0.1, 0.15) is 5.65 Å². The lowest BCUT2D eigenvalue weighted by Crippen LogP contribution is -2.42. The average molecular weight is 584 g/mol. The number of alkyl halides is 6. The second-order valence-electron chi connectivity index (χ2n) is 9.55. The number of hydrogen-bond acceptors (Lipinski definition) is 5. The van der Waals surface area contributed by atoms with Crippen LogP contribution in [0.1, 0.15) is 29.7 Å².